The van der Waals surface area contributed by atoms with Crippen molar-refractivity contribution in [2.45, 2.75) is 25.4 Å². The topological polar surface area (TPSA) is 46.2 Å². The second kappa shape index (κ2) is 2.43. The third-order valence-corrected chi connectivity index (χ3v) is 2.15. The van der Waals surface area contributed by atoms with E-state index in [0.29, 0.717) is 0 Å². The molecule has 4 heteroatoms. The first kappa shape index (κ1) is 7.88. The van der Waals surface area contributed by atoms with Gasteiger partial charge < -0.3 is 10.8 Å². The van der Waals surface area contributed by atoms with Crippen LogP contribution in [-0.2, 0) is 0 Å². The van der Waals surface area contributed by atoms with Crippen molar-refractivity contribution in [1.29, 1.82) is 0 Å². The molecule has 0 saturated heterocycles. The van der Waals surface area contributed by atoms with E-state index >= 15 is 0 Å². The van der Waals surface area contributed by atoms with E-state index in [0.717, 1.165) is 0 Å². The number of rotatable bonds is 2. The second-order valence-electron chi connectivity index (χ2n) is 2.93. The Bertz CT molecular complexity index is 123. The van der Waals surface area contributed by atoms with Crippen molar-refractivity contribution >= 4 is 0 Å². The lowest BCUT2D eigenvalue weighted by Gasteiger charge is -2.43. The Morgan fingerprint density at radius 2 is 2.10 bits per heavy atom. The third-order valence-electron chi connectivity index (χ3n) is 2.15. The number of hydrogen-bond donors (Lipinski definition) is 2. The lowest BCUT2D eigenvalue weighted by molar-refractivity contribution is -0.119. The van der Waals surface area contributed by atoms with Crippen LogP contribution in [0, 0.1) is 5.41 Å². The van der Waals surface area contributed by atoms with Crippen molar-refractivity contribution in [3.8, 4) is 0 Å². The van der Waals surface area contributed by atoms with Gasteiger partial charge >= 0.3 is 0 Å². The SMILES string of the molecule is NCC1(C(F)F)CC(O)C1. The van der Waals surface area contributed by atoms with Gasteiger partial charge in [-0.05, 0) is 12.8 Å². The minimum Gasteiger partial charge on any atom is -0.393 e. The second-order valence-corrected chi connectivity index (χ2v) is 2.93. The Kier molecular flexibility index (Phi) is 1.92. The maximum absolute atomic E-state index is 12.1. The third kappa shape index (κ3) is 1.01. The van der Waals surface area contributed by atoms with Crippen LogP contribution in [-0.4, -0.2) is 24.2 Å². The first-order chi connectivity index (χ1) is 4.60. The number of nitrogens with two attached hydrogens (primary N) is 1. The van der Waals surface area contributed by atoms with E-state index in [1.54, 1.807) is 0 Å². The summed E-state index contributed by atoms with van der Waals surface area (Å²) in [7, 11) is 0. The highest BCUT2D eigenvalue weighted by atomic mass is 19.3. The van der Waals surface area contributed by atoms with E-state index in [-0.39, 0.29) is 19.4 Å². The fourth-order valence-electron chi connectivity index (χ4n) is 1.31. The fourth-order valence-corrected chi connectivity index (χ4v) is 1.31. The molecule has 0 heterocycles. The molecule has 60 valence electrons. The van der Waals surface area contributed by atoms with Crippen LogP contribution in [0.15, 0.2) is 0 Å². The summed E-state index contributed by atoms with van der Waals surface area (Å²) in [5, 5.41) is 8.77. The molecule has 0 aliphatic heterocycles. The van der Waals surface area contributed by atoms with Gasteiger partial charge in [0.05, 0.1) is 6.10 Å². The van der Waals surface area contributed by atoms with Gasteiger partial charge in [-0.3, -0.25) is 0 Å². The lowest BCUT2D eigenvalue weighted by atomic mass is 9.67. The van der Waals surface area contributed by atoms with E-state index in [1.165, 1.54) is 0 Å². The quantitative estimate of drug-likeness (QED) is 0.598. The van der Waals surface area contributed by atoms with E-state index in [1.807, 2.05) is 0 Å². The predicted octanol–water partition coefficient (Wildman–Crippen LogP) is 0.351. The number of aliphatic hydroxyl groups excluding tert-OH is 1. The predicted molar refractivity (Wildman–Crippen MR) is 32.7 cm³/mol. The highest BCUT2D eigenvalue weighted by Crippen LogP contribution is 2.44. The molecule has 1 aliphatic rings. The molecule has 1 saturated carbocycles. The van der Waals surface area contributed by atoms with Crippen LogP contribution >= 0.6 is 0 Å². The molecule has 1 aliphatic carbocycles. The first-order valence-electron chi connectivity index (χ1n) is 3.27. The first-order valence-corrected chi connectivity index (χ1v) is 3.27. The van der Waals surface area contributed by atoms with Crippen LogP contribution in [0.2, 0.25) is 0 Å². The molecular formula is C6H11F2NO. The minimum absolute atomic E-state index is 0.0261. The van der Waals surface area contributed by atoms with Crippen LogP contribution in [0.3, 0.4) is 0 Å². The van der Waals surface area contributed by atoms with Crippen molar-refractivity contribution in [3.63, 3.8) is 0 Å². The van der Waals surface area contributed by atoms with Gasteiger partial charge in [0.15, 0.2) is 0 Å². The molecule has 0 aromatic heterocycles. The number of alkyl halides is 2. The molecule has 0 bridgehead atoms. The van der Waals surface area contributed by atoms with Crippen molar-refractivity contribution < 1.29 is 13.9 Å². The summed E-state index contributed by atoms with van der Waals surface area (Å²) in [4.78, 5) is 0. The number of aliphatic hydroxyl groups is 1. The molecular weight excluding hydrogens is 140 g/mol. The summed E-state index contributed by atoms with van der Waals surface area (Å²) < 4.78 is 24.2. The summed E-state index contributed by atoms with van der Waals surface area (Å²) in [6, 6.07) is 0. The normalized spacial score (nSPS) is 39.9. The molecule has 3 N–H and O–H groups in total. The largest absolute Gasteiger partial charge is 0.393 e. The zero-order chi connectivity index (χ0) is 7.78. The average molecular weight is 151 g/mol. The molecule has 2 nitrogen and oxygen atoms in total. The van der Waals surface area contributed by atoms with Crippen molar-refractivity contribution in [1.82, 2.24) is 0 Å². The standard InChI is InChI=1S/C6H11F2NO/c7-5(8)6(3-9)1-4(10)2-6/h4-5,10H,1-3,9H2. The smallest absolute Gasteiger partial charge is 0.245 e. The maximum Gasteiger partial charge on any atom is 0.245 e. The van der Waals surface area contributed by atoms with E-state index in [2.05, 4.69) is 0 Å². The highest BCUT2D eigenvalue weighted by Gasteiger charge is 2.49. The monoisotopic (exact) mass is 151 g/mol. The van der Waals surface area contributed by atoms with E-state index in [9.17, 15) is 8.78 Å². The van der Waals surface area contributed by atoms with Crippen LogP contribution in [0.1, 0.15) is 12.8 Å². The molecule has 0 spiro atoms. The molecule has 10 heavy (non-hydrogen) atoms. The Balaban J connectivity index is 2.48. The number of hydrogen-bond acceptors (Lipinski definition) is 2. The van der Waals surface area contributed by atoms with Gasteiger partial charge in [0.2, 0.25) is 6.43 Å². The fraction of sp³-hybridized carbons (Fsp3) is 1.00. The summed E-state index contributed by atoms with van der Waals surface area (Å²) in [6.07, 6.45) is -2.64. The Morgan fingerprint density at radius 1 is 1.60 bits per heavy atom. The van der Waals surface area contributed by atoms with Crippen molar-refractivity contribution in [2.75, 3.05) is 6.54 Å². The van der Waals surface area contributed by atoms with Gasteiger partial charge in [-0.1, -0.05) is 0 Å². The van der Waals surface area contributed by atoms with Crippen molar-refractivity contribution in [2.24, 2.45) is 11.1 Å². The van der Waals surface area contributed by atoms with Gasteiger partial charge in [0.1, 0.15) is 0 Å². The van der Waals surface area contributed by atoms with Crippen molar-refractivity contribution in [3.05, 3.63) is 0 Å². The Labute approximate surface area is 58.0 Å². The molecule has 0 radical (unpaired) electrons. The maximum atomic E-state index is 12.1. The van der Waals surface area contributed by atoms with Gasteiger partial charge in [0, 0.05) is 12.0 Å². The van der Waals surface area contributed by atoms with Crippen LogP contribution in [0.25, 0.3) is 0 Å². The summed E-state index contributed by atoms with van der Waals surface area (Å²) in [5.41, 5.74) is 4.07. The highest BCUT2D eigenvalue weighted by molar-refractivity contribution is 4.96. The zero-order valence-electron chi connectivity index (χ0n) is 5.56. The summed E-state index contributed by atoms with van der Waals surface area (Å²) >= 11 is 0. The molecule has 1 rings (SSSR count). The molecule has 1 fully saturated rings. The van der Waals surface area contributed by atoms with Gasteiger partial charge in [-0.2, -0.15) is 0 Å². The van der Waals surface area contributed by atoms with Crippen LogP contribution in [0.4, 0.5) is 8.78 Å². The zero-order valence-corrected chi connectivity index (χ0v) is 5.56. The molecule has 0 amide bonds. The number of halogens is 2. The van der Waals surface area contributed by atoms with Gasteiger partial charge in [-0.15, -0.1) is 0 Å². The van der Waals surface area contributed by atoms with Crippen LogP contribution < -0.4 is 5.73 Å². The van der Waals surface area contributed by atoms with Crippen LogP contribution in [0.5, 0.6) is 0 Å². The Hall–Kier alpha value is -0.220. The minimum atomic E-state index is -2.39. The van der Waals surface area contributed by atoms with E-state index in [4.69, 9.17) is 10.8 Å². The van der Waals surface area contributed by atoms with E-state index < -0.39 is 17.9 Å². The lowest BCUT2D eigenvalue weighted by Crippen LogP contribution is -2.50. The van der Waals surface area contributed by atoms with Gasteiger partial charge in [0.25, 0.3) is 0 Å². The molecule has 0 atom stereocenters. The summed E-state index contributed by atoms with van der Waals surface area (Å²) in [5.74, 6) is 0. The van der Waals surface area contributed by atoms with Gasteiger partial charge in [-0.25, -0.2) is 8.78 Å². The molecule has 0 aromatic carbocycles. The Morgan fingerprint density at radius 3 is 2.20 bits per heavy atom. The average Bonchev–Trinajstić information content (AvgIpc) is 1.79. The molecule has 0 aromatic rings. The summed E-state index contributed by atoms with van der Waals surface area (Å²) in [6.45, 7) is -0.0261. The molecule has 0 unspecified atom stereocenters.